The van der Waals surface area contributed by atoms with Crippen molar-refractivity contribution in [3.63, 3.8) is 0 Å². The maximum absolute atomic E-state index is 13.0. The number of carboxylic acid groups (broad SMARTS) is 1. The molecule has 0 atom stereocenters. The van der Waals surface area contributed by atoms with Crippen LogP contribution in [0.1, 0.15) is 44.7 Å². The third-order valence-electron chi connectivity index (χ3n) is 6.32. The zero-order valence-electron chi connectivity index (χ0n) is 19.8. The fourth-order valence-electron chi connectivity index (χ4n) is 3.84. The highest BCUT2D eigenvalue weighted by molar-refractivity contribution is 7.91. The lowest BCUT2D eigenvalue weighted by molar-refractivity contribution is -0.136. The minimum absolute atomic E-state index is 0.00774. The van der Waals surface area contributed by atoms with Gasteiger partial charge in [0, 0.05) is 12.0 Å². The third-order valence-corrected chi connectivity index (χ3v) is 8.09. The highest BCUT2D eigenvalue weighted by Gasteiger charge is 2.26. The molecule has 0 aliphatic rings. The van der Waals surface area contributed by atoms with Gasteiger partial charge in [0.25, 0.3) is 0 Å². The number of carboxylic acids is 1. The molecule has 0 spiro atoms. The fraction of sp³-hybridized carbons (Fsp3) is 0.269. The average Bonchev–Trinajstić information content (AvgIpc) is 3.27. The van der Waals surface area contributed by atoms with Crippen molar-refractivity contribution in [3.05, 3.63) is 71.8 Å². The number of aliphatic carboxylic acids is 1. The molecule has 0 bridgehead atoms. The number of nitrogens with zero attached hydrogens (tertiary/aromatic N) is 3. The van der Waals surface area contributed by atoms with Crippen LogP contribution in [0.2, 0.25) is 0 Å². The molecule has 1 aromatic heterocycles. The minimum Gasteiger partial charge on any atom is -0.505 e. The first-order valence-electron chi connectivity index (χ1n) is 11.3. The molecule has 35 heavy (non-hydrogen) atoms. The molecule has 0 unspecified atom stereocenters. The lowest BCUT2D eigenvalue weighted by Crippen LogP contribution is -2.17. The summed E-state index contributed by atoms with van der Waals surface area (Å²) in [7, 11) is -3.73. The number of aryl methyl sites for hydroxylation is 1. The lowest BCUT2D eigenvalue weighted by Gasteiger charge is -2.26. The Morgan fingerprint density at radius 2 is 1.66 bits per heavy atom. The molecule has 182 valence electrons. The number of sulfone groups is 1. The number of benzene rings is 3. The SMILES string of the molecule is CCC(C)(C)c1cc(CCC(=O)O)cc(-n2nc3ccc(S(=O)(=O)c4ccccc4)cc3n2)c1O. The van der Waals surface area contributed by atoms with E-state index < -0.39 is 15.8 Å². The highest BCUT2D eigenvalue weighted by Crippen LogP contribution is 2.38. The molecule has 4 rings (SSSR count). The van der Waals surface area contributed by atoms with E-state index in [1.807, 2.05) is 26.8 Å². The third kappa shape index (κ3) is 4.77. The summed E-state index contributed by atoms with van der Waals surface area (Å²) in [5.74, 6) is -0.903. The Hall–Kier alpha value is -3.72. The van der Waals surface area contributed by atoms with Crippen molar-refractivity contribution in [2.75, 3.05) is 0 Å². The molecule has 0 radical (unpaired) electrons. The zero-order valence-corrected chi connectivity index (χ0v) is 20.6. The molecule has 2 N–H and O–H groups in total. The van der Waals surface area contributed by atoms with Gasteiger partial charge in [0.05, 0.1) is 9.79 Å². The van der Waals surface area contributed by atoms with E-state index in [1.165, 1.54) is 29.1 Å². The smallest absolute Gasteiger partial charge is 0.303 e. The number of phenols is 1. The number of hydrogen-bond acceptors (Lipinski definition) is 6. The first-order valence-corrected chi connectivity index (χ1v) is 12.8. The Morgan fingerprint density at radius 3 is 2.31 bits per heavy atom. The van der Waals surface area contributed by atoms with E-state index in [4.69, 9.17) is 5.11 Å². The number of hydrogen-bond donors (Lipinski definition) is 2. The van der Waals surface area contributed by atoms with E-state index in [9.17, 15) is 18.3 Å². The predicted molar refractivity (Wildman–Crippen MR) is 132 cm³/mol. The second kappa shape index (κ2) is 9.14. The Labute approximate surface area is 203 Å². The van der Waals surface area contributed by atoms with Crippen LogP contribution in [0.5, 0.6) is 5.75 Å². The maximum Gasteiger partial charge on any atom is 0.303 e. The van der Waals surface area contributed by atoms with Crippen LogP contribution in [0, 0.1) is 0 Å². The number of aromatic nitrogens is 3. The number of rotatable bonds is 8. The first kappa shape index (κ1) is 24.4. The van der Waals surface area contributed by atoms with Gasteiger partial charge in [-0.05, 0) is 60.2 Å². The molecule has 0 fully saturated rings. The van der Waals surface area contributed by atoms with E-state index in [2.05, 4.69) is 10.2 Å². The predicted octanol–water partition coefficient (Wildman–Crippen LogP) is 4.66. The number of fused-ring (bicyclic) bond motifs is 1. The Bertz CT molecular complexity index is 1510. The molecule has 0 saturated heterocycles. The molecule has 9 heteroatoms. The van der Waals surface area contributed by atoms with E-state index >= 15 is 0 Å². The Kier molecular flexibility index (Phi) is 6.38. The summed E-state index contributed by atoms with van der Waals surface area (Å²) < 4.78 is 26.1. The minimum atomic E-state index is -3.73. The first-order chi connectivity index (χ1) is 16.5. The standard InChI is InChI=1S/C26H27N3O5S/c1-4-26(2,3)20-14-17(10-13-24(30)31)15-23(25(20)32)29-27-21-12-11-19(16-22(21)28-29)35(33,34)18-8-6-5-7-9-18/h5-9,11-12,14-16,32H,4,10,13H2,1-3H3,(H,30,31). The van der Waals surface area contributed by atoms with Gasteiger partial charge in [-0.15, -0.1) is 15.0 Å². The van der Waals surface area contributed by atoms with Gasteiger partial charge in [0.2, 0.25) is 9.84 Å². The fourth-order valence-corrected chi connectivity index (χ4v) is 5.14. The van der Waals surface area contributed by atoms with Crippen molar-refractivity contribution in [1.82, 2.24) is 15.0 Å². The second-order valence-electron chi connectivity index (χ2n) is 9.10. The van der Waals surface area contributed by atoms with E-state index in [0.717, 1.165) is 12.0 Å². The largest absolute Gasteiger partial charge is 0.505 e. The lowest BCUT2D eigenvalue weighted by atomic mass is 9.80. The molecule has 3 aromatic carbocycles. The van der Waals surface area contributed by atoms with E-state index in [0.29, 0.717) is 22.3 Å². The summed E-state index contributed by atoms with van der Waals surface area (Å²) in [4.78, 5) is 12.7. The van der Waals surface area contributed by atoms with Gasteiger partial charge in [0.1, 0.15) is 22.5 Å². The topological polar surface area (TPSA) is 122 Å². The van der Waals surface area contributed by atoms with E-state index in [-0.39, 0.29) is 33.8 Å². The summed E-state index contributed by atoms with van der Waals surface area (Å²) >= 11 is 0. The van der Waals surface area contributed by atoms with Gasteiger partial charge in [-0.2, -0.15) is 0 Å². The zero-order chi connectivity index (χ0) is 25.4. The van der Waals surface area contributed by atoms with Crippen LogP contribution in [0.4, 0.5) is 0 Å². The van der Waals surface area contributed by atoms with Crippen molar-refractivity contribution in [2.45, 2.75) is 55.2 Å². The van der Waals surface area contributed by atoms with Gasteiger partial charge in [-0.1, -0.05) is 45.0 Å². The summed E-state index contributed by atoms with van der Waals surface area (Å²) in [6, 6.07) is 16.2. The summed E-state index contributed by atoms with van der Waals surface area (Å²) in [6.07, 6.45) is 0.985. The number of aromatic hydroxyl groups is 1. The molecule has 0 aliphatic heterocycles. The van der Waals surface area contributed by atoms with Crippen molar-refractivity contribution < 1.29 is 23.4 Å². The highest BCUT2D eigenvalue weighted by atomic mass is 32.2. The van der Waals surface area contributed by atoms with Gasteiger partial charge in [-0.25, -0.2) is 8.42 Å². The number of phenolic OH excluding ortho intramolecular Hbond substituents is 1. The van der Waals surface area contributed by atoms with Gasteiger partial charge >= 0.3 is 5.97 Å². The van der Waals surface area contributed by atoms with Crippen LogP contribution in [-0.4, -0.2) is 39.6 Å². The molecule has 0 aliphatic carbocycles. The van der Waals surface area contributed by atoms with Crippen LogP contribution in [-0.2, 0) is 26.5 Å². The van der Waals surface area contributed by atoms with Gasteiger partial charge in [0.15, 0.2) is 0 Å². The van der Waals surface area contributed by atoms with Crippen LogP contribution in [0.15, 0.2) is 70.5 Å². The summed E-state index contributed by atoms with van der Waals surface area (Å²) in [5, 5.41) is 29.2. The molecule has 4 aromatic rings. The monoisotopic (exact) mass is 493 g/mol. The van der Waals surface area contributed by atoms with Crippen LogP contribution >= 0.6 is 0 Å². The van der Waals surface area contributed by atoms with Crippen LogP contribution in [0.25, 0.3) is 16.7 Å². The van der Waals surface area contributed by atoms with Crippen LogP contribution in [0.3, 0.4) is 0 Å². The molecule has 0 saturated carbocycles. The van der Waals surface area contributed by atoms with Crippen molar-refractivity contribution >= 4 is 26.8 Å². The molecule has 8 nitrogen and oxygen atoms in total. The molecular weight excluding hydrogens is 466 g/mol. The van der Waals surface area contributed by atoms with E-state index in [1.54, 1.807) is 30.3 Å². The molecule has 0 amide bonds. The van der Waals surface area contributed by atoms with Crippen molar-refractivity contribution in [3.8, 4) is 11.4 Å². The summed E-state index contributed by atoms with van der Waals surface area (Å²) in [5.41, 5.74) is 2.17. The Balaban J connectivity index is 1.83. The van der Waals surface area contributed by atoms with Gasteiger partial charge < -0.3 is 10.2 Å². The number of carbonyl (C=O) groups is 1. The second-order valence-corrected chi connectivity index (χ2v) is 11.0. The van der Waals surface area contributed by atoms with Crippen molar-refractivity contribution in [1.29, 1.82) is 0 Å². The average molecular weight is 494 g/mol. The quantitative estimate of drug-likeness (QED) is 0.366. The normalized spacial score (nSPS) is 12.2. The van der Waals surface area contributed by atoms with Gasteiger partial charge in [-0.3, -0.25) is 4.79 Å². The summed E-state index contributed by atoms with van der Waals surface area (Å²) in [6.45, 7) is 6.01. The Morgan fingerprint density at radius 1 is 0.971 bits per heavy atom. The molecular formula is C26H27N3O5S. The maximum atomic E-state index is 13.0. The molecule has 1 heterocycles. The van der Waals surface area contributed by atoms with Crippen LogP contribution < -0.4 is 0 Å². The van der Waals surface area contributed by atoms with Crippen molar-refractivity contribution in [2.24, 2.45) is 0 Å².